The van der Waals surface area contributed by atoms with E-state index in [1.54, 1.807) is 0 Å². The molecular weight excluding hydrogens is 210 g/mol. The summed E-state index contributed by atoms with van der Waals surface area (Å²) in [5.41, 5.74) is 2.79. The van der Waals surface area contributed by atoms with E-state index in [1.807, 2.05) is 0 Å². The van der Waals surface area contributed by atoms with Gasteiger partial charge in [-0.05, 0) is 32.0 Å². The minimum atomic E-state index is 0.201. The lowest BCUT2D eigenvalue weighted by molar-refractivity contribution is 0.353. The fourth-order valence-corrected chi connectivity index (χ4v) is 2.33. The second-order valence-electron chi connectivity index (χ2n) is 5.65. The van der Waals surface area contributed by atoms with Gasteiger partial charge in [0.25, 0.3) is 0 Å². The van der Waals surface area contributed by atoms with Gasteiger partial charge in [-0.15, -0.1) is 0 Å². The van der Waals surface area contributed by atoms with Gasteiger partial charge in [-0.2, -0.15) is 0 Å². The van der Waals surface area contributed by atoms with Crippen molar-refractivity contribution in [2.24, 2.45) is 0 Å². The summed E-state index contributed by atoms with van der Waals surface area (Å²) in [6.07, 6.45) is 0. The molecule has 94 valence electrons. The third-order valence-electron chi connectivity index (χ3n) is 3.28. The van der Waals surface area contributed by atoms with Crippen LogP contribution >= 0.6 is 0 Å². The van der Waals surface area contributed by atoms with Crippen LogP contribution in [0.2, 0.25) is 0 Å². The van der Waals surface area contributed by atoms with Crippen LogP contribution in [0.4, 0.5) is 11.4 Å². The van der Waals surface area contributed by atoms with E-state index >= 15 is 0 Å². The summed E-state index contributed by atoms with van der Waals surface area (Å²) in [6, 6.07) is 8.76. The summed E-state index contributed by atoms with van der Waals surface area (Å²) >= 11 is 0. The molecular formula is C14H23N3. The molecule has 1 heterocycles. The molecule has 0 saturated carbocycles. The van der Waals surface area contributed by atoms with Crippen molar-refractivity contribution in [2.75, 3.05) is 43.5 Å². The summed E-state index contributed by atoms with van der Waals surface area (Å²) in [5.74, 6) is 0. The van der Waals surface area contributed by atoms with Gasteiger partial charge in [-0.3, -0.25) is 0 Å². The predicted octanol–water partition coefficient (Wildman–Crippen LogP) is 1.94. The smallest absolute Gasteiger partial charge is 0.0388 e. The zero-order valence-corrected chi connectivity index (χ0v) is 11.3. The Morgan fingerprint density at radius 1 is 1.29 bits per heavy atom. The summed E-state index contributed by atoms with van der Waals surface area (Å²) in [4.78, 5) is 4.61. The highest BCUT2D eigenvalue weighted by Crippen LogP contribution is 2.24. The van der Waals surface area contributed by atoms with Crippen LogP contribution in [0.1, 0.15) is 13.8 Å². The number of benzene rings is 1. The van der Waals surface area contributed by atoms with E-state index < -0.39 is 0 Å². The van der Waals surface area contributed by atoms with Crippen molar-refractivity contribution in [2.45, 2.75) is 19.4 Å². The van der Waals surface area contributed by atoms with Gasteiger partial charge in [0.05, 0.1) is 0 Å². The van der Waals surface area contributed by atoms with E-state index in [9.17, 15) is 0 Å². The molecule has 1 aliphatic rings. The largest absolute Gasteiger partial charge is 0.378 e. The van der Waals surface area contributed by atoms with Gasteiger partial charge < -0.3 is 15.1 Å². The highest BCUT2D eigenvalue weighted by molar-refractivity contribution is 5.59. The summed E-state index contributed by atoms with van der Waals surface area (Å²) in [7, 11) is 4.17. The van der Waals surface area contributed by atoms with Crippen LogP contribution in [0, 0.1) is 0 Å². The number of nitrogens with zero attached hydrogens (tertiary/aromatic N) is 2. The first-order chi connectivity index (χ1) is 7.98. The Morgan fingerprint density at radius 3 is 2.71 bits per heavy atom. The van der Waals surface area contributed by atoms with Crippen LogP contribution in [0.3, 0.4) is 0 Å². The summed E-state index contributed by atoms with van der Waals surface area (Å²) in [6.45, 7) is 7.72. The van der Waals surface area contributed by atoms with E-state index in [0.29, 0.717) is 0 Å². The average molecular weight is 233 g/mol. The molecule has 0 amide bonds. The first-order valence-corrected chi connectivity index (χ1v) is 6.25. The van der Waals surface area contributed by atoms with E-state index in [2.05, 4.69) is 67.3 Å². The van der Waals surface area contributed by atoms with Crippen LogP contribution in [0.5, 0.6) is 0 Å². The molecule has 1 saturated heterocycles. The lowest BCUT2D eigenvalue weighted by Crippen LogP contribution is -2.57. The molecule has 0 bridgehead atoms. The quantitative estimate of drug-likeness (QED) is 0.842. The molecule has 3 heteroatoms. The first kappa shape index (κ1) is 12.2. The van der Waals surface area contributed by atoms with Crippen molar-refractivity contribution in [1.82, 2.24) is 5.32 Å². The molecule has 0 radical (unpaired) electrons. The topological polar surface area (TPSA) is 18.5 Å². The molecule has 0 unspecified atom stereocenters. The Morgan fingerprint density at radius 2 is 2.06 bits per heavy atom. The highest BCUT2D eigenvalue weighted by Gasteiger charge is 2.25. The molecule has 0 atom stereocenters. The highest BCUT2D eigenvalue weighted by atomic mass is 15.2. The van der Waals surface area contributed by atoms with E-state index in [-0.39, 0.29) is 5.54 Å². The van der Waals surface area contributed by atoms with Gasteiger partial charge in [0.1, 0.15) is 0 Å². The van der Waals surface area contributed by atoms with Crippen molar-refractivity contribution < 1.29 is 0 Å². The lowest BCUT2D eigenvalue weighted by atomic mass is 10.0. The van der Waals surface area contributed by atoms with Crippen LogP contribution in [-0.2, 0) is 0 Å². The van der Waals surface area contributed by atoms with Crippen molar-refractivity contribution >= 4 is 11.4 Å². The third kappa shape index (κ3) is 2.91. The zero-order chi connectivity index (χ0) is 12.5. The Labute approximate surface area is 104 Å². The van der Waals surface area contributed by atoms with Crippen LogP contribution in [0.25, 0.3) is 0 Å². The second-order valence-corrected chi connectivity index (χ2v) is 5.65. The Balaban J connectivity index is 2.19. The van der Waals surface area contributed by atoms with Gasteiger partial charge in [0.2, 0.25) is 0 Å². The Bertz CT molecular complexity index is 385. The molecule has 0 spiro atoms. The monoisotopic (exact) mass is 233 g/mol. The van der Waals surface area contributed by atoms with Crippen molar-refractivity contribution in [3.05, 3.63) is 24.3 Å². The van der Waals surface area contributed by atoms with E-state index in [0.717, 1.165) is 19.6 Å². The van der Waals surface area contributed by atoms with E-state index in [1.165, 1.54) is 11.4 Å². The fourth-order valence-electron chi connectivity index (χ4n) is 2.33. The molecule has 0 aliphatic carbocycles. The maximum atomic E-state index is 3.54. The maximum absolute atomic E-state index is 3.54. The van der Waals surface area contributed by atoms with Gasteiger partial charge >= 0.3 is 0 Å². The number of hydrogen-bond donors (Lipinski definition) is 1. The molecule has 1 aliphatic heterocycles. The van der Waals surface area contributed by atoms with Gasteiger partial charge in [-0.25, -0.2) is 0 Å². The minimum absolute atomic E-state index is 0.201. The first-order valence-electron chi connectivity index (χ1n) is 6.25. The number of nitrogens with one attached hydrogen (secondary N) is 1. The summed E-state index contributed by atoms with van der Waals surface area (Å²) in [5, 5.41) is 3.54. The van der Waals surface area contributed by atoms with Gasteiger partial charge in [-0.1, -0.05) is 6.07 Å². The SMILES string of the molecule is CN(C)c1cccc(N2CCNC(C)(C)C2)c1. The van der Waals surface area contributed by atoms with Gasteiger partial charge in [0, 0.05) is 50.6 Å². The fraction of sp³-hybridized carbons (Fsp3) is 0.571. The molecule has 17 heavy (non-hydrogen) atoms. The third-order valence-corrected chi connectivity index (χ3v) is 3.28. The van der Waals surface area contributed by atoms with Crippen molar-refractivity contribution in [3.8, 4) is 0 Å². The average Bonchev–Trinajstić information content (AvgIpc) is 2.28. The van der Waals surface area contributed by atoms with Gasteiger partial charge in [0.15, 0.2) is 0 Å². The molecule has 1 aromatic rings. The lowest BCUT2D eigenvalue weighted by Gasteiger charge is -2.40. The normalized spacial score (nSPS) is 19.2. The maximum Gasteiger partial charge on any atom is 0.0388 e. The standard InChI is InChI=1S/C14H23N3/c1-14(2)11-17(9-8-15-14)13-7-5-6-12(10-13)16(3)4/h5-7,10,15H,8-9,11H2,1-4H3. The molecule has 1 N–H and O–H groups in total. The number of anilines is 2. The molecule has 3 nitrogen and oxygen atoms in total. The second kappa shape index (κ2) is 4.57. The molecule has 1 aromatic carbocycles. The van der Waals surface area contributed by atoms with Crippen molar-refractivity contribution in [3.63, 3.8) is 0 Å². The minimum Gasteiger partial charge on any atom is -0.378 e. The zero-order valence-electron chi connectivity index (χ0n) is 11.3. The van der Waals surface area contributed by atoms with Crippen LogP contribution < -0.4 is 15.1 Å². The van der Waals surface area contributed by atoms with Crippen molar-refractivity contribution in [1.29, 1.82) is 0 Å². The molecule has 1 fully saturated rings. The number of hydrogen-bond acceptors (Lipinski definition) is 3. The molecule has 2 rings (SSSR count). The number of rotatable bonds is 2. The van der Waals surface area contributed by atoms with E-state index in [4.69, 9.17) is 0 Å². The van der Waals surface area contributed by atoms with Crippen LogP contribution in [0.15, 0.2) is 24.3 Å². The predicted molar refractivity (Wildman–Crippen MR) is 75.1 cm³/mol. The Hall–Kier alpha value is -1.22. The summed E-state index contributed by atoms with van der Waals surface area (Å²) < 4.78 is 0. The van der Waals surface area contributed by atoms with Crippen LogP contribution in [-0.4, -0.2) is 39.3 Å². The number of piperazine rings is 1. The Kier molecular flexibility index (Phi) is 3.29. The molecule has 0 aromatic heterocycles.